The minimum absolute atomic E-state index is 0.0947. The van der Waals surface area contributed by atoms with Gasteiger partial charge in [-0.25, -0.2) is 0 Å². The molecule has 0 aliphatic carbocycles. The smallest absolute Gasteiger partial charge is 0.143 e. The van der Waals surface area contributed by atoms with E-state index in [0.29, 0.717) is 0 Å². The maximum absolute atomic E-state index is 11.2. The zero-order chi connectivity index (χ0) is 11.1. The van der Waals surface area contributed by atoms with Crippen LogP contribution in [0.15, 0.2) is 29.4 Å². The molecular formula is C10H11N3O2. The molecule has 0 radical (unpaired) electrons. The number of ether oxygens (including phenoxy) is 1. The van der Waals surface area contributed by atoms with E-state index in [0.717, 1.165) is 11.3 Å². The summed E-state index contributed by atoms with van der Waals surface area (Å²) >= 11 is 0. The maximum atomic E-state index is 11.2. The van der Waals surface area contributed by atoms with Crippen LogP contribution >= 0.6 is 0 Å². The van der Waals surface area contributed by atoms with Crippen LogP contribution in [0, 0.1) is 0 Å². The molecule has 0 amide bonds. The first-order valence-corrected chi connectivity index (χ1v) is 4.41. The highest BCUT2D eigenvalue weighted by Crippen LogP contribution is 2.11. The molecule has 1 aromatic rings. The van der Waals surface area contributed by atoms with Crippen molar-refractivity contribution in [3.8, 4) is 5.75 Å². The second-order valence-electron chi connectivity index (χ2n) is 2.95. The maximum Gasteiger partial charge on any atom is 0.143 e. The number of methoxy groups -OCH3 is 1. The fourth-order valence-corrected chi connectivity index (χ4v) is 1.14. The lowest BCUT2D eigenvalue weighted by Crippen LogP contribution is -2.05. The van der Waals surface area contributed by atoms with Gasteiger partial charge in [0.15, 0.2) is 0 Å². The van der Waals surface area contributed by atoms with E-state index >= 15 is 0 Å². The molecule has 0 bridgehead atoms. The number of benzene rings is 1. The summed E-state index contributed by atoms with van der Waals surface area (Å²) in [5.74, 6) is 0.652. The van der Waals surface area contributed by atoms with Crippen molar-refractivity contribution in [1.82, 2.24) is 0 Å². The zero-order valence-corrected chi connectivity index (χ0v) is 8.38. The molecule has 0 atom stereocenters. The Bertz CT molecular complexity index is 380. The van der Waals surface area contributed by atoms with E-state index in [1.165, 1.54) is 0 Å². The fourth-order valence-electron chi connectivity index (χ4n) is 1.14. The second kappa shape index (κ2) is 5.67. The molecule has 0 spiro atoms. The third-order valence-corrected chi connectivity index (χ3v) is 1.87. The third kappa shape index (κ3) is 3.70. The highest BCUT2D eigenvalue weighted by atomic mass is 16.5. The van der Waals surface area contributed by atoms with Gasteiger partial charge in [-0.15, -0.1) is 0 Å². The number of nitrogens with zero attached hydrogens (tertiary/aromatic N) is 3. The van der Waals surface area contributed by atoms with Crippen molar-refractivity contribution in [2.45, 2.75) is 6.42 Å². The van der Waals surface area contributed by atoms with Crippen LogP contribution in [0.2, 0.25) is 0 Å². The van der Waals surface area contributed by atoms with Crippen molar-refractivity contribution in [3.63, 3.8) is 0 Å². The van der Waals surface area contributed by atoms with Crippen molar-refractivity contribution < 1.29 is 9.53 Å². The van der Waals surface area contributed by atoms with Gasteiger partial charge in [0.1, 0.15) is 11.5 Å². The highest BCUT2D eigenvalue weighted by molar-refractivity contribution is 5.82. The SMILES string of the molecule is COc1ccc(CC(=O)CN=[N+]=[N-])cc1. The molecule has 15 heavy (non-hydrogen) atoms. The zero-order valence-electron chi connectivity index (χ0n) is 8.38. The molecule has 1 aromatic carbocycles. The minimum atomic E-state index is -0.0991. The van der Waals surface area contributed by atoms with Crippen LogP contribution in [0.4, 0.5) is 0 Å². The molecule has 0 saturated heterocycles. The Hall–Kier alpha value is -2.00. The lowest BCUT2D eigenvalue weighted by atomic mass is 10.1. The number of Topliss-reactive ketones (excluding diaryl/α,β-unsaturated/α-hetero) is 1. The second-order valence-corrected chi connectivity index (χ2v) is 2.95. The number of carbonyl (C=O) groups is 1. The van der Waals surface area contributed by atoms with Crippen molar-refractivity contribution in [2.24, 2.45) is 5.11 Å². The summed E-state index contributed by atoms with van der Waals surface area (Å²) in [6.07, 6.45) is 0.281. The summed E-state index contributed by atoms with van der Waals surface area (Å²) in [7, 11) is 1.59. The van der Waals surface area contributed by atoms with E-state index in [2.05, 4.69) is 10.0 Å². The number of ketones is 1. The van der Waals surface area contributed by atoms with Crippen molar-refractivity contribution in [2.75, 3.05) is 13.7 Å². The van der Waals surface area contributed by atoms with E-state index in [-0.39, 0.29) is 18.7 Å². The number of hydrogen-bond donors (Lipinski definition) is 0. The molecule has 0 unspecified atom stereocenters. The largest absolute Gasteiger partial charge is 0.497 e. The van der Waals surface area contributed by atoms with Gasteiger partial charge in [-0.05, 0) is 23.2 Å². The Morgan fingerprint density at radius 2 is 2.13 bits per heavy atom. The molecule has 1 rings (SSSR count). The van der Waals surface area contributed by atoms with E-state index < -0.39 is 0 Å². The predicted molar refractivity (Wildman–Crippen MR) is 55.7 cm³/mol. The van der Waals surface area contributed by atoms with Gasteiger partial charge in [0, 0.05) is 11.3 Å². The van der Waals surface area contributed by atoms with Gasteiger partial charge < -0.3 is 4.74 Å². The van der Waals surface area contributed by atoms with Gasteiger partial charge in [0.25, 0.3) is 0 Å². The van der Waals surface area contributed by atoms with E-state index in [1.807, 2.05) is 12.1 Å². The molecule has 0 N–H and O–H groups in total. The Labute approximate surface area is 87.3 Å². The lowest BCUT2D eigenvalue weighted by molar-refractivity contribution is -0.117. The van der Waals surface area contributed by atoms with E-state index in [1.54, 1.807) is 19.2 Å². The normalized spacial score (nSPS) is 9.13. The first kappa shape index (κ1) is 11.1. The van der Waals surface area contributed by atoms with Crippen molar-refractivity contribution >= 4 is 5.78 Å². The van der Waals surface area contributed by atoms with Crippen LogP contribution in [0.25, 0.3) is 10.4 Å². The van der Waals surface area contributed by atoms with Crippen molar-refractivity contribution in [3.05, 3.63) is 40.3 Å². The summed E-state index contributed by atoms with van der Waals surface area (Å²) in [4.78, 5) is 13.8. The molecular weight excluding hydrogens is 194 g/mol. The van der Waals surface area contributed by atoms with Crippen LogP contribution in [0.3, 0.4) is 0 Å². The summed E-state index contributed by atoms with van der Waals surface area (Å²) in [6, 6.07) is 7.20. The monoisotopic (exact) mass is 205 g/mol. The van der Waals surface area contributed by atoms with Gasteiger partial charge in [-0.3, -0.25) is 4.79 Å². The Balaban J connectivity index is 2.56. The van der Waals surface area contributed by atoms with Gasteiger partial charge >= 0.3 is 0 Å². The van der Waals surface area contributed by atoms with Gasteiger partial charge in [0.05, 0.1) is 13.7 Å². The summed E-state index contributed by atoms with van der Waals surface area (Å²) in [5, 5.41) is 3.21. The van der Waals surface area contributed by atoms with Crippen molar-refractivity contribution in [1.29, 1.82) is 0 Å². The topological polar surface area (TPSA) is 75.1 Å². The molecule has 0 aliphatic heterocycles. The predicted octanol–water partition coefficient (Wildman–Crippen LogP) is 2.12. The molecule has 0 aliphatic rings. The Kier molecular flexibility index (Phi) is 4.19. The first-order chi connectivity index (χ1) is 7.26. The summed E-state index contributed by atoms with van der Waals surface area (Å²) < 4.78 is 4.99. The number of rotatable bonds is 5. The van der Waals surface area contributed by atoms with Crippen LogP contribution in [-0.4, -0.2) is 19.4 Å². The number of hydrogen-bond acceptors (Lipinski definition) is 3. The standard InChI is InChI=1S/C10H11N3O2/c1-15-10-4-2-8(3-5-10)6-9(14)7-12-13-11/h2-5H,6-7H2,1H3. The first-order valence-electron chi connectivity index (χ1n) is 4.41. The Morgan fingerprint density at radius 3 is 2.67 bits per heavy atom. The van der Waals surface area contributed by atoms with Gasteiger partial charge in [0.2, 0.25) is 0 Å². The quantitative estimate of drug-likeness (QED) is 0.419. The average molecular weight is 205 g/mol. The van der Waals surface area contributed by atoms with Crippen LogP contribution in [0.5, 0.6) is 5.75 Å². The molecule has 5 heteroatoms. The van der Waals surface area contributed by atoms with E-state index in [9.17, 15) is 4.79 Å². The number of azide groups is 1. The highest BCUT2D eigenvalue weighted by Gasteiger charge is 2.02. The molecule has 78 valence electrons. The average Bonchev–Trinajstić information content (AvgIpc) is 2.27. The molecule has 0 heterocycles. The molecule has 0 aromatic heterocycles. The number of carbonyl (C=O) groups excluding carboxylic acids is 1. The van der Waals surface area contributed by atoms with Gasteiger partial charge in [-0.1, -0.05) is 17.2 Å². The molecule has 5 nitrogen and oxygen atoms in total. The third-order valence-electron chi connectivity index (χ3n) is 1.87. The van der Waals surface area contributed by atoms with Crippen LogP contribution in [0.1, 0.15) is 5.56 Å². The Morgan fingerprint density at radius 1 is 1.47 bits per heavy atom. The van der Waals surface area contributed by atoms with Gasteiger partial charge in [-0.2, -0.15) is 0 Å². The van der Waals surface area contributed by atoms with E-state index in [4.69, 9.17) is 10.3 Å². The molecule has 0 fully saturated rings. The minimum Gasteiger partial charge on any atom is -0.497 e. The molecule has 0 saturated carbocycles. The summed E-state index contributed by atoms with van der Waals surface area (Å²) in [5.41, 5.74) is 8.92. The van der Waals surface area contributed by atoms with Crippen LogP contribution in [-0.2, 0) is 11.2 Å². The lowest BCUT2D eigenvalue weighted by Gasteiger charge is -2.01. The fraction of sp³-hybridized carbons (Fsp3) is 0.300. The summed E-state index contributed by atoms with van der Waals surface area (Å²) in [6.45, 7) is -0.0947. The van der Waals surface area contributed by atoms with Crippen LogP contribution < -0.4 is 4.74 Å².